The molecule has 0 aliphatic heterocycles. The Labute approximate surface area is 88.5 Å². The number of hydrogen-bond acceptors (Lipinski definition) is 1. The molecule has 1 aromatic rings. The molecule has 0 aliphatic carbocycles. The lowest BCUT2D eigenvalue weighted by Crippen LogP contribution is -2.32. The number of aryl methyl sites for hydroxylation is 1. The van der Waals surface area contributed by atoms with Crippen molar-refractivity contribution < 1.29 is 4.21 Å². The maximum Gasteiger partial charge on any atom is 0.116 e. The van der Waals surface area contributed by atoms with Gasteiger partial charge in [-0.3, -0.25) is 4.31 Å². The molecule has 0 amide bonds. The van der Waals surface area contributed by atoms with E-state index < -0.39 is 11.0 Å². The minimum Gasteiger partial charge on any atom is -0.289 e. The Morgan fingerprint density at radius 2 is 1.86 bits per heavy atom. The summed E-state index contributed by atoms with van der Waals surface area (Å²) >= 11 is 0. The quantitative estimate of drug-likeness (QED) is 0.752. The molecule has 1 aromatic carbocycles. The second-order valence-corrected chi connectivity index (χ2v) is 4.87. The van der Waals surface area contributed by atoms with Crippen LogP contribution >= 0.6 is 0 Å². The highest BCUT2D eigenvalue weighted by molar-refractivity contribution is 7.85. The van der Waals surface area contributed by atoms with Crippen LogP contribution in [-0.2, 0) is 11.0 Å². The molecular formula is C11H17NOS. The standard InChI is InChI=1S/C11H17NOS/c1-9(2)12(14(4)13)11-8-6-5-7-10(11)3/h5-9H,1-4H3. The summed E-state index contributed by atoms with van der Waals surface area (Å²) in [4.78, 5) is 0. The second-order valence-electron chi connectivity index (χ2n) is 3.63. The van der Waals surface area contributed by atoms with Gasteiger partial charge in [-0.1, -0.05) is 18.2 Å². The van der Waals surface area contributed by atoms with E-state index in [1.807, 2.05) is 49.3 Å². The minimum atomic E-state index is -0.961. The smallest absolute Gasteiger partial charge is 0.116 e. The molecule has 0 bridgehead atoms. The third-order valence-electron chi connectivity index (χ3n) is 2.10. The zero-order chi connectivity index (χ0) is 10.7. The van der Waals surface area contributed by atoms with Gasteiger partial charge in [0.25, 0.3) is 0 Å². The van der Waals surface area contributed by atoms with E-state index in [2.05, 4.69) is 0 Å². The first kappa shape index (κ1) is 11.2. The van der Waals surface area contributed by atoms with E-state index >= 15 is 0 Å². The van der Waals surface area contributed by atoms with Gasteiger partial charge in [0.05, 0.1) is 5.69 Å². The van der Waals surface area contributed by atoms with Crippen LogP contribution in [0, 0.1) is 6.92 Å². The summed E-state index contributed by atoms with van der Waals surface area (Å²) in [6.07, 6.45) is 1.71. The van der Waals surface area contributed by atoms with E-state index in [9.17, 15) is 4.21 Å². The number of benzene rings is 1. The Kier molecular flexibility index (Phi) is 3.69. The van der Waals surface area contributed by atoms with Crippen LogP contribution in [0.25, 0.3) is 0 Å². The molecule has 0 N–H and O–H groups in total. The highest BCUT2D eigenvalue weighted by Crippen LogP contribution is 2.22. The molecule has 0 saturated carbocycles. The molecule has 0 aromatic heterocycles. The van der Waals surface area contributed by atoms with Crippen molar-refractivity contribution in [2.45, 2.75) is 26.8 Å². The van der Waals surface area contributed by atoms with Gasteiger partial charge >= 0.3 is 0 Å². The SMILES string of the molecule is Cc1ccccc1N(C(C)C)S(C)=O. The monoisotopic (exact) mass is 211 g/mol. The van der Waals surface area contributed by atoms with Crippen LogP contribution < -0.4 is 4.31 Å². The summed E-state index contributed by atoms with van der Waals surface area (Å²) in [6.45, 7) is 6.14. The van der Waals surface area contributed by atoms with Crippen molar-refractivity contribution in [3.05, 3.63) is 29.8 Å². The zero-order valence-electron chi connectivity index (χ0n) is 9.15. The van der Waals surface area contributed by atoms with Gasteiger partial charge < -0.3 is 0 Å². The van der Waals surface area contributed by atoms with E-state index in [0.29, 0.717) is 0 Å². The maximum absolute atomic E-state index is 11.6. The van der Waals surface area contributed by atoms with Crippen LogP contribution in [0.15, 0.2) is 24.3 Å². The second kappa shape index (κ2) is 4.60. The molecule has 0 saturated heterocycles. The van der Waals surface area contributed by atoms with Crippen LogP contribution in [0.2, 0.25) is 0 Å². The Morgan fingerprint density at radius 1 is 1.29 bits per heavy atom. The maximum atomic E-state index is 11.6. The van der Waals surface area contributed by atoms with Crippen LogP contribution in [0.4, 0.5) is 5.69 Å². The highest BCUT2D eigenvalue weighted by Gasteiger charge is 2.15. The van der Waals surface area contributed by atoms with E-state index in [1.54, 1.807) is 6.26 Å². The average molecular weight is 211 g/mol. The van der Waals surface area contributed by atoms with E-state index in [0.717, 1.165) is 11.3 Å². The number of para-hydroxylation sites is 1. The molecule has 0 radical (unpaired) electrons. The van der Waals surface area contributed by atoms with Crippen molar-refractivity contribution >= 4 is 16.7 Å². The van der Waals surface area contributed by atoms with Gasteiger partial charge in [0, 0.05) is 12.3 Å². The summed E-state index contributed by atoms with van der Waals surface area (Å²) in [6, 6.07) is 8.27. The first-order valence-corrected chi connectivity index (χ1v) is 6.24. The third-order valence-corrected chi connectivity index (χ3v) is 3.27. The highest BCUT2D eigenvalue weighted by atomic mass is 32.2. The Bertz CT molecular complexity index is 336. The van der Waals surface area contributed by atoms with Crippen LogP contribution in [0.1, 0.15) is 19.4 Å². The predicted octanol–water partition coefficient (Wildman–Crippen LogP) is 2.50. The lowest BCUT2D eigenvalue weighted by Gasteiger charge is -2.27. The molecule has 78 valence electrons. The summed E-state index contributed by atoms with van der Waals surface area (Å²) in [5.41, 5.74) is 2.22. The summed E-state index contributed by atoms with van der Waals surface area (Å²) in [7, 11) is -0.961. The molecule has 0 fully saturated rings. The molecule has 2 nitrogen and oxygen atoms in total. The average Bonchev–Trinajstić information content (AvgIpc) is 2.07. The number of anilines is 1. The number of hydrogen-bond donors (Lipinski definition) is 0. The molecule has 1 rings (SSSR count). The molecular weight excluding hydrogens is 194 g/mol. The summed E-state index contributed by atoms with van der Waals surface area (Å²) in [5, 5.41) is 0. The molecule has 0 aliphatic rings. The molecule has 0 spiro atoms. The Morgan fingerprint density at radius 3 is 2.29 bits per heavy atom. The molecule has 3 heteroatoms. The van der Waals surface area contributed by atoms with Crippen LogP contribution in [0.5, 0.6) is 0 Å². The summed E-state index contributed by atoms with van der Waals surface area (Å²) < 4.78 is 13.5. The van der Waals surface area contributed by atoms with Gasteiger partial charge in [0.2, 0.25) is 0 Å². The van der Waals surface area contributed by atoms with Gasteiger partial charge in [-0.05, 0) is 32.4 Å². The fourth-order valence-corrected chi connectivity index (χ4v) is 2.60. The lowest BCUT2D eigenvalue weighted by molar-refractivity contribution is 0.675. The first-order chi connectivity index (χ1) is 6.54. The first-order valence-electron chi connectivity index (χ1n) is 4.72. The fourth-order valence-electron chi connectivity index (χ4n) is 1.52. The van der Waals surface area contributed by atoms with E-state index in [1.165, 1.54) is 0 Å². The lowest BCUT2D eigenvalue weighted by atomic mass is 10.2. The molecule has 1 unspecified atom stereocenters. The topological polar surface area (TPSA) is 20.3 Å². The molecule has 1 atom stereocenters. The number of nitrogens with zero attached hydrogens (tertiary/aromatic N) is 1. The van der Waals surface area contributed by atoms with E-state index in [4.69, 9.17) is 0 Å². The third kappa shape index (κ3) is 2.35. The van der Waals surface area contributed by atoms with Gasteiger partial charge in [-0.2, -0.15) is 0 Å². The Balaban J connectivity index is 3.12. The minimum absolute atomic E-state index is 0.252. The Hall–Kier alpha value is -0.830. The fraction of sp³-hybridized carbons (Fsp3) is 0.455. The molecule has 0 heterocycles. The van der Waals surface area contributed by atoms with Gasteiger partial charge in [0.1, 0.15) is 11.0 Å². The van der Waals surface area contributed by atoms with Crippen molar-refractivity contribution in [2.24, 2.45) is 0 Å². The number of rotatable bonds is 3. The zero-order valence-corrected chi connectivity index (χ0v) is 9.97. The van der Waals surface area contributed by atoms with Crippen molar-refractivity contribution in [2.75, 3.05) is 10.6 Å². The van der Waals surface area contributed by atoms with Crippen molar-refractivity contribution in [3.8, 4) is 0 Å². The molecule has 14 heavy (non-hydrogen) atoms. The van der Waals surface area contributed by atoms with Crippen LogP contribution in [-0.4, -0.2) is 16.5 Å². The van der Waals surface area contributed by atoms with Crippen molar-refractivity contribution in [1.29, 1.82) is 0 Å². The largest absolute Gasteiger partial charge is 0.289 e. The normalized spacial score (nSPS) is 12.9. The predicted molar refractivity (Wildman–Crippen MR) is 62.9 cm³/mol. The van der Waals surface area contributed by atoms with Gasteiger partial charge in [-0.25, -0.2) is 4.21 Å². The van der Waals surface area contributed by atoms with Crippen LogP contribution in [0.3, 0.4) is 0 Å². The van der Waals surface area contributed by atoms with E-state index in [-0.39, 0.29) is 6.04 Å². The van der Waals surface area contributed by atoms with Crippen molar-refractivity contribution in [1.82, 2.24) is 0 Å². The summed E-state index contributed by atoms with van der Waals surface area (Å²) in [5.74, 6) is 0. The van der Waals surface area contributed by atoms with Gasteiger partial charge in [0.15, 0.2) is 0 Å². The van der Waals surface area contributed by atoms with Crippen molar-refractivity contribution in [3.63, 3.8) is 0 Å². The van der Waals surface area contributed by atoms with Gasteiger partial charge in [-0.15, -0.1) is 0 Å².